The topological polar surface area (TPSA) is 75.4 Å². The van der Waals surface area contributed by atoms with Crippen LogP contribution in [0.3, 0.4) is 0 Å². The molecule has 6 heteroatoms. The van der Waals surface area contributed by atoms with Crippen molar-refractivity contribution >= 4 is 22.7 Å². The molecule has 5 nitrogen and oxygen atoms in total. The summed E-state index contributed by atoms with van der Waals surface area (Å²) >= 11 is 1.52. The highest BCUT2D eigenvalue weighted by atomic mass is 32.1. The van der Waals surface area contributed by atoms with Crippen molar-refractivity contribution in [2.45, 2.75) is 13.0 Å². The minimum absolute atomic E-state index is 0.0486. The van der Waals surface area contributed by atoms with Crippen LogP contribution in [0, 0.1) is 17.0 Å². The standard InChI is InChI=1S/C13H14N2O3S/c1-9-4-11(6-12(5-9)15(17)18)14-7-13(16)10-2-3-19-8-10/h2-6,8,13-14,16H,7H2,1H3. The second-order valence-corrected chi connectivity index (χ2v) is 5.05. The fourth-order valence-electron chi connectivity index (χ4n) is 1.77. The first-order chi connectivity index (χ1) is 9.06. The molecule has 2 N–H and O–H groups in total. The van der Waals surface area contributed by atoms with E-state index in [4.69, 9.17) is 0 Å². The van der Waals surface area contributed by atoms with E-state index in [1.165, 1.54) is 23.5 Å². The Labute approximate surface area is 114 Å². The van der Waals surface area contributed by atoms with Gasteiger partial charge in [-0.15, -0.1) is 0 Å². The Balaban J connectivity index is 2.05. The second-order valence-electron chi connectivity index (χ2n) is 4.27. The number of nitrogens with zero attached hydrogens (tertiary/aromatic N) is 1. The molecule has 1 aromatic carbocycles. The van der Waals surface area contributed by atoms with Crippen molar-refractivity contribution in [2.75, 3.05) is 11.9 Å². The molecule has 0 radical (unpaired) electrons. The molecule has 0 aliphatic carbocycles. The molecule has 0 spiro atoms. The van der Waals surface area contributed by atoms with E-state index in [1.54, 1.807) is 6.92 Å². The van der Waals surface area contributed by atoms with Crippen LogP contribution in [0.25, 0.3) is 0 Å². The zero-order valence-electron chi connectivity index (χ0n) is 10.4. The molecule has 2 rings (SSSR count). The first-order valence-electron chi connectivity index (χ1n) is 5.76. The van der Waals surface area contributed by atoms with Gasteiger partial charge in [0.25, 0.3) is 5.69 Å². The molecule has 0 bridgehead atoms. The Morgan fingerprint density at radius 2 is 2.26 bits per heavy atom. The molecule has 100 valence electrons. The van der Waals surface area contributed by atoms with Gasteiger partial charge in [0.1, 0.15) is 0 Å². The Hall–Kier alpha value is -1.92. The van der Waals surface area contributed by atoms with Gasteiger partial charge < -0.3 is 10.4 Å². The van der Waals surface area contributed by atoms with Crippen molar-refractivity contribution in [3.8, 4) is 0 Å². The summed E-state index contributed by atoms with van der Waals surface area (Å²) in [6.07, 6.45) is -0.620. The van der Waals surface area contributed by atoms with Gasteiger partial charge >= 0.3 is 0 Å². The number of aliphatic hydroxyl groups excluding tert-OH is 1. The van der Waals surface area contributed by atoms with Gasteiger partial charge in [-0.1, -0.05) is 0 Å². The Kier molecular flexibility index (Phi) is 4.13. The fourth-order valence-corrected chi connectivity index (χ4v) is 2.47. The van der Waals surface area contributed by atoms with Crippen LogP contribution >= 0.6 is 11.3 Å². The van der Waals surface area contributed by atoms with E-state index >= 15 is 0 Å². The summed E-state index contributed by atoms with van der Waals surface area (Å²) in [5, 5.41) is 27.5. The number of hydrogen-bond acceptors (Lipinski definition) is 5. The van der Waals surface area contributed by atoms with Crippen LogP contribution in [0.2, 0.25) is 0 Å². The summed E-state index contributed by atoms with van der Waals surface area (Å²) in [5.74, 6) is 0. The second kappa shape index (κ2) is 5.81. The molecule has 19 heavy (non-hydrogen) atoms. The average molecular weight is 278 g/mol. The van der Waals surface area contributed by atoms with Gasteiger partial charge in [0.15, 0.2) is 0 Å². The third-order valence-corrected chi connectivity index (χ3v) is 3.40. The molecule has 2 aromatic rings. The van der Waals surface area contributed by atoms with Crippen molar-refractivity contribution < 1.29 is 10.0 Å². The maximum Gasteiger partial charge on any atom is 0.271 e. The molecule has 0 saturated carbocycles. The van der Waals surface area contributed by atoms with Crippen LogP contribution in [0.1, 0.15) is 17.2 Å². The van der Waals surface area contributed by atoms with Crippen LogP contribution in [-0.4, -0.2) is 16.6 Å². The number of non-ortho nitro benzene ring substituents is 1. The molecular formula is C13H14N2O3S. The van der Waals surface area contributed by atoms with Crippen LogP contribution < -0.4 is 5.32 Å². The average Bonchev–Trinajstić information content (AvgIpc) is 2.89. The minimum atomic E-state index is -0.620. The SMILES string of the molecule is Cc1cc(NCC(O)c2ccsc2)cc([N+](=O)[O-])c1. The number of nitro benzene ring substituents is 1. The summed E-state index contributed by atoms with van der Waals surface area (Å²) in [5.41, 5.74) is 2.34. The molecule has 0 saturated heterocycles. The lowest BCUT2D eigenvalue weighted by atomic mass is 10.1. The normalized spacial score (nSPS) is 12.1. The van der Waals surface area contributed by atoms with E-state index < -0.39 is 11.0 Å². The third kappa shape index (κ3) is 3.52. The van der Waals surface area contributed by atoms with Gasteiger partial charge in [-0.25, -0.2) is 0 Å². The number of aliphatic hydroxyl groups is 1. The zero-order chi connectivity index (χ0) is 13.8. The quantitative estimate of drug-likeness (QED) is 0.651. The monoisotopic (exact) mass is 278 g/mol. The van der Waals surface area contributed by atoms with Gasteiger partial charge in [-0.05, 0) is 40.9 Å². The van der Waals surface area contributed by atoms with Crippen LogP contribution in [-0.2, 0) is 0 Å². The number of anilines is 1. The van der Waals surface area contributed by atoms with E-state index in [2.05, 4.69) is 5.32 Å². The molecule has 1 heterocycles. The summed E-state index contributed by atoms with van der Waals surface area (Å²) in [4.78, 5) is 10.3. The first-order valence-corrected chi connectivity index (χ1v) is 6.70. The molecule has 1 atom stereocenters. The van der Waals surface area contributed by atoms with Gasteiger partial charge in [0.05, 0.1) is 11.0 Å². The maximum atomic E-state index is 10.8. The van der Waals surface area contributed by atoms with Crippen molar-refractivity contribution in [3.05, 3.63) is 56.3 Å². The van der Waals surface area contributed by atoms with Crippen LogP contribution in [0.5, 0.6) is 0 Å². The van der Waals surface area contributed by atoms with E-state index in [0.29, 0.717) is 12.2 Å². The zero-order valence-corrected chi connectivity index (χ0v) is 11.2. The molecule has 0 aliphatic rings. The van der Waals surface area contributed by atoms with Gasteiger partial charge in [0.2, 0.25) is 0 Å². The summed E-state index contributed by atoms with van der Waals surface area (Å²) in [6.45, 7) is 2.12. The first kappa shape index (κ1) is 13.5. The molecule has 1 unspecified atom stereocenters. The Bertz CT molecular complexity index is 569. The highest BCUT2D eigenvalue weighted by molar-refractivity contribution is 7.07. The molecule has 1 aromatic heterocycles. The van der Waals surface area contributed by atoms with E-state index in [9.17, 15) is 15.2 Å². The van der Waals surface area contributed by atoms with Crippen molar-refractivity contribution in [1.29, 1.82) is 0 Å². The number of hydrogen-bond donors (Lipinski definition) is 2. The molecule has 0 fully saturated rings. The van der Waals surface area contributed by atoms with Crippen molar-refractivity contribution in [3.63, 3.8) is 0 Å². The minimum Gasteiger partial charge on any atom is -0.387 e. The number of thiophene rings is 1. The summed E-state index contributed by atoms with van der Waals surface area (Å²) < 4.78 is 0. The van der Waals surface area contributed by atoms with Gasteiger partial charge in [0, 0.05) is 24.4 Å². The van der Waals surface area contributed by atoms with Gasteiger partial charge in [-0.2, -0.15) is 11.3 Å². The maximum absolute atomic E-state index is 10.8. The van der Waals surface area contributed by atoms with Crippen LogP contribution in [0.15, 0.2) is 35.0 Å². The van der Waals surface area contributed by atoms with Gasteiger partial charge in [-0.3, -0.25) is 10.1 Å². The van der Waals surface area contributed by atoms with Crippen LogP contribution in [0.4, 0.5) is 11.4 Å². The Morgan fingerprint density at radius 3 is 2.89 bits per heavy atom. The highest BCUT2D eigenvalue weighted by Gasteiger charge is 2.10. The lowest BCUT2D eigenvalue weighted by Gasteiger charge is -2.12. The number of nitro groups is 1. The van der Waals surface area contributed by atoms with E-state index in [1.807, 2.05) is 22.9 Å². The summed E-state index contributed by atoms with van der Waals surface area (Å²) in [6, 6.07) is 6.65. The predicted molar refractivity (Wildman–Crippen MR) is 75.6 cm³/mol. The van der Waals surface area contributed by atoms with Crippen molar-refractivity contribution in [1.82, 2.24) is 0 Å². The smallest absolute Gasteiger partial charge is 0.271 e. The number of benzene rings is 1. The van der Waals surface area contributed by atoms with E-state index in [-0.39, 0.29) is 5.69 Å². The molecular weight excluding hydrogens is 264 g/mol. The number of aryl methyl sites for hydroxylation is 1. The predicted octanol–water partition coefficient (Wildman–Crippen LogP) is 3.11. The number of nitrogens with one attached hydrogen (secondary N) is 1. The van der Waals surface area contributed by atoms with E-state index in [0.717, 1.165) is 11.1 Å². The lowest BCUT2D eigenvalue weighted by molar-refractivity contribution is -0.384. The summed E-state index contributed by atoms with van der Waals surface area (Å²) in [7, 11) is 0. The Morgan fingerprint density at radius 1 is 1.47 bits per heavy atom. The van der Waals surface area contributed by atoms with Crippen molar-refractivity contribution in [2.24, 2.45) is 0 Å². The lowest BCUT2D eigenvalue weighted by Crippen LogP contribution is -2.11. The number of rotatable bonds is 5. The molecule has 0 aliphatic heterocycles. The molecule has 0 amide bonds. The largest absolute Gasteiger partial charge is 0.387 e. The third-order valence-electron chi connectivity index (χ3n) is 2.70. The fraction of sp³-hybridized carbons (Fsp3) is 0.231. The highest BCUT2D eigenvalue weighted by Crippen LogP contribution is 2.22.